The largest absolute Gasteiger partial charge is 0.565 e. The zero-order valence-electron chi connectivity index (χ0n) is 21.5. The summed E-state index contributed by atoms with van der Waals surface area (Å²) in [6.45, 7) is 17.1. The fraction of sp³-hybridized carbons (Fsp3) is 0.625. The molecular formula is C24H154NO3+. The number of ether oxygens (including phenoxy) is 1. The molecule has 1 unspecified atom stereocenters. The van der Waals surface area contributed by atoms with Crippen LogP contribution in [0.4, 0.5) is 0 Å². The highest BCUT2D eigenvalue weighted by Crippen LogP contribution is 2.53. The number of fused-ring (bicyclic) bond motifs is 3. The first-order valence-electron chi connectivity index (χ1n) is 11.6. The Morgan fingerprint density at radius 3 is 2.75 bits per heavy atom. The van der Waals surface area contributed by atoms with E-state index in [1.165, 1.54) is 21.7 Å². The molecule has 0 fully saturated rings. The molecule has 3 rings (SSSR count). The van der Waals surface area contributed by atoms with Gasteiger partial charge in [0, 0.05) is 106 Å². The van der Waals surface area contributed by atoms with Gasteiger partial charge in [-0.1, -0.05) is 41.5 Å². The Balaban J connectivity index is -0.00000000336. The highest BCUT2D eigenvalue weighted by Gasteiger charge is 2.53. The maximum atomic E-state index is 12.6. The van der Waals surface area contributed by atoms with Crippen molar-refractivity contribution in [3.63, 3.8) is 0 Å². The van der Waals surface area contributed by atoms with Crippen molar-refractivity contribution < 1.29 is 100 Å². The third kappa shape index (κ3) is 3.16. The van der Waals surface area contributed by atoms with E-state index in [1.807, 2.05) is 20.8 Å². The smallest absolute Gasteiger partial charge is 0.519 e. The topological polar surface area (TPSA) is 65.0 Å². The Hall–Kier alpha value is -1.81. The van der Waals surface area contributed by atoms with Crippen LogP contribution in [-0.2, 0) is 21.6 Å². The molecular weight excluding hydrogens is 350 g/mol. The molecule has 2 heterocycles. The highest BCUT2D eigenvalue weighted by atomic mass is 16.5. The van der Waals surface area contributed by atoms with E-state index in [4.69, 9.17) is 7.60 Å². The van der Waals surface area contributed by atoms with Crippen LogP contribution in [-0.4, -0.2) is 25.5 Å². The zero-order valence-corrected chi connectivity index (χ0v) is 18.5. The minimum absolute atomic E-state index is 0. The van der Waals surface area contributed by atoms with Gasteiger partial charge >= 0.3 is 8.83 Å². The maximum absolute atomic E-state index is 12.6. The molecule has 1 aromatic heterocycles. The van der Waals surface area contributed by atoms with Crippen molar-refractivity contribution in [3.05, 3.63) is 34.0 Å². The lowest BCUT2D eigenvalue weighted by Gasteiger charge is -2.46. The summed E-state index contributed by atoms with van der Waals surface area (Å²) >= 11 is 0. The lowest BCUT2D eigenvalue weighted by atomic mass is 9.69. The molecule has 2 atom stereocenters. The molecule has 28 heavy (non-hydrogen) atoms. The van der Waals surface area contributed by atoms with Gasteiger partial charge in [0.2, 0.25) is 0 Å². The molecule has 0 radical (unpaired) electrons. The minimum atomic E-state index is -1.11. The summed E-state index contributed by atoms with van der Waals surface area (Å²) in [5, 5.41) is 2.03. The number of aromatic nitrogens is 1. The van der Waals surface area contributed by atoms with Crippen LogP contribution in [0.25, 0.3) is 10.9 Å². The molecule has 3 N–H and O–H groups in total. The van der Waals surface area contributed by atoms with Gasteiger partial charge in [0.1, 0.15) is 12.0 Å². The number of carbonyl (C=O) groups is 1. The lowest BCUT2D eigenvalue weighted by Crippen LogP contribution is -2.48. The normalized spacial score (nSPS) is 24.0. The van der Waals surface area contributed by atoms with E-state index in [0.717, 1.165) is 28.0 Å². The van der Waals surface area contributed by atoms with Crippen molar-refractivity contribution >= 4 is 16.9 Å². The molecule has 0 aliphatic carbocycles. The van der Waals surface area contributed by atoms with Crippen LogP contribution in [0, 0.1) is 25.2 Å². The number of aromatic amines is 1. The Morgan fingerprint density at radius 1 is 1.50 bits per heavy atom. The second kappa shape index (κ2) is 6.91. The summed E-state index contributed by atoms with van der Waals surface area (Å²) in [6, 6.07) is 2.17. The van der Waals surface area contributed by atoms with Crippen molar-refractivity contribution in [1.82, 2.24) is 4.98 Å². The number of H-pyrrole nitrogens is 1. The Morgan fingerprint density at radius 2 is 2.18 bits per heavy atom. The van der Waals surface area contributed by atoms with Gasteiger partial charge < -0.3 is 14.8 Å². The quantitative estimate of drug-likeness (QED) is 0.417. The van der Waals surface area contributed by atoms with E-state index in [1.54, 1.807) is 0 Å². The molecule has 4 nitrogen and oxygen atoms in total. The number of aryl methyl sites for hydroxylation is 1. The fourth-order valence-electron chi connectivity index (χ4n) is 4.66. The highest BCUT2D eigenvalue weighted by molar-refractivity contribution is 5.90. The van der Waals surface area contributed by atoms with E-state index >= 15 is 0 Å². The monoisotopic (exact) mass is 508 g/mol. The summed E-state index contributed by atoms with van der Waals surface area (Å²) < 4.78 is 30.5. The molecule has 4 heteroatoms. The van der Waals surface area contributed by atoms with Gasteiger partial charge in [0.25, 0.3) is 0 Å². The van der Waals surface area contributed by atoms with Gasteiger partial charge in [-0.3, -0.25) is 0 Å². The molecule has 0 bridgehead atoms. The first-order chi connectivity index (χ1) is 14.2. The maximum Gasteiger partial charge on any atom is 0.519 e. The molecule has 0 amide bonds. The Labute approximate surface area is 260 Å². The molecule has 2 aromatic rings. The van der Waals surface area contributed by atoms with Crippen LogP contribution in [0.3, 0.4) is 0 Å². The summed E-state index contributed by atoms with van der Waals surface area (Å²) in [7, 11) is 0. The number of hydrogen-bond acceptors (Lipinski definition) is 2. The van der Waals surface area contributed by atoms with Gasteiger partial charge in [-0.2, -0.15) is 0 Å². The second-order valence-corrected chi connectivity index (χ2v) is 10.0. The minimum Gasteiger partial charge on any atom is -0.565 e. The van der Waals surface area contributed by atoms with E-state index in [9.17, 15) is 6.21 Å². The van der Waals surface area contributed by atoms with E-state index in [-0.39, 0.29) is 96.5 Å². The van der Waals surface area contributed by atoms with E-state index < -0.39 is 17.0 Å². The van der Waals surface area contributed by atoms with Crippen molar-refractivity contribution in [3.8, 4) is 0 Å². The van der Waals surface area contributed by atoms with Gasteiger partial charge in [-0.15, -0.1) is 0 Å². The first kappa shape index (κ1) is 17.1. The third-order valence-corrected chi connectivity index (χ3v) is 6.39. The second-order valence-electron chi connectivity index (χ2n) is 10.0. The van der Waals surface area contributed by atoms with Crippen molar-refractivity contribution in [2.24, 2.45) is 11.3 Å². The standard InChI is InChI=1S/C24H35NO3.59H2/c1-13(2)9-17-16(5)14(3)10-18-20-15(4)12-28-24(11-19(26)27,23(6,7)8)22(20)25-21(17)18;;;;;;;;;;;;;;;;;;;;;;;;;;;;;;;;;;;;;;;;;;;;;;;;;;;;;;;;;;;/h10,13,15,25H,9,11-12H2,1-8H3,(H,26,27);59*1H/p+1/t15?,24-;;;;;;;;;;;;;;;;;;;;;;;;;;;;;;;;;;;;;;;;;;;;;;;;;;;;;;;;;;;/m1.........................................................../s1/i/hD3. The lowest BCUT2D eigenvalue weighted by molar-refractivity contribution is -0.169. The van der Waals surface area contributed by atoms with Gasteiger partial charge in [-0.05, 0) is 59.9 Å². The van der Waals surface area contributed by atoms with Crippen LogP contribution in [0.5, 0.6) is 0 Å². The summed E-state index contributed by atoms with van der Waals surface area (Å²) in [6.07, 6.45) is 0.687. The molecule has 0 saturated heterocycles. The molecule has 0 saturated carbocycles. The predicted octanol–water partition coefficient (Wildman–Crippen LogP) is 19.5. The molecule has 1 aromatic carbocycles. The molecule has 1 aliphatic heterocycles. The van der Waals surface area contributed by atoms with Crippen molar-refractivity contribution in [2.45, 2.75) is 79.8 Å². The Bertz CT molecular complexity index is 1090. The number of hydrogen-bond donors (Lipinski definition) is 1. The van der Waals surface area contributed by atoms with E-state index in [2.05, 4.69) is 40.7 Å². The zero-order chi connectivity index (χ0) is 23.5. The number of carbonyl (C=O) groups excluding carboxylic acids is 1. The van der Waals surface area contributed by atoms with Crippen LogP contribution in [0.15, 0.2) is 6.07 Å². The first-order valence-corrected chi connectivity index (χ1v) is 10.3. The van der Waals surface area contributed by atoms with Crippen LogP contribution < -0.4 is 0 Å². The summed E-state index contributed by atoms with van der Waals surface area (Å²) in [5.41, 5.74) is 4.55. The molecule has 0 spiro atoms. The van der Waals surface area contributed by atoms with Crippen LogP contribution >= 0.6 is 0 Å². The third-order valence-electron chi connectivity index (χ3n) is 6.39. The average molecular weight is 509 g/mol. The number of benzene rings is 1. The predicted molar refractivity (Wildman–Crippen MR) is 240 cm³/mol. The number of nitrogens with one attached hydrogen (secondary N) is 1. The summed E-state index contributed by atoms with van der Waals surface area (Å²) in [4.78, 5) is 14.1. The molecule has 1 aliphatic rings. The van der Waals surface area contributed by atoms with Gasteiger partial charge in [0.05, 0.1) is 12.3 Å². The van der Waals surface area contributed by atoms with Crippen molar-refractivity contribution in [1.29, 1.82) is 2.86 Å². The average Bonchev–Trinajstić information content (AvgIpc) is 2.93. The number of rotatable bonds is 4. The van der Waals surface area contributed by atoms with Crippen LogP contribution in [0.1, 0.15) is 166 Å². The van der Waals surface area contributed by atoms with Crippen molar-refractivity contribution in [2.75, 3.05) is 6.61 Å². The van der Waals surface area contributed by atoms with Gasteiger partial charge in [0.15, 0.2) is 1.41 Å². The summed E-state index contributed by atoms with van der Waals surface area (Å²) in [5.74, 6) is -0.218. The fourth-order valence-corrected chi connectivity index (χ4v) is 4.66. The van der Waals surface area contributed by atoms with Gasteiger partial charge in [-0.25, -0.2) is 0 Å². The van der Waals surface area contributed by atoms with Crippen LogP contribution in [0.2, 0.25) is 1.41 Å². The van der Waals surface area contributed by atoms with E-state index in [0.29, 0.717) is 18.2 Å². The Kier molecular flexibility index (Phi) is 4.22. The molecule has 272 valence electrons. The SMILES string of the molecule is [2H]n1c2c(c3cc(C)c(C)c(CC(C)C)c31)C(C)CO[C@@]2(CC(=O)[O+]([2H])[2H])C(C)(C)C.[HH].[HH].[HH].[HH].[HH].[HH].[HH].[HH].[HH].[HH].[HH].[HH].[HH].[HH].[HH].[HH].[HH].[HH].[HH].[HH].[HH].[HH].[HH].[HH].[HH].[HH].[HH].[HH].[HH].[HH].[HH].[HH].[HH].[HH].[HH].[HH].[HH].[HH].[HH].[HH].[HH].[HH].[HH].[HH].[HH].[HH].[HH].[HH].[HH].[HH].[HH].[HH].[HH].[HH].[HH].[HH].[HH].[HH].[HH].